The lowest BCUT2D eigenvalue weighted by atomic mass is 11.1. The molecule has 0 rings (SSSR count). The Balaban J connectivity index is 0. The van der Waals surface area contributed by atoms with Gasteiger partial charge in [0.15, 0.2) is 0 Å². The fourth-order valence-electron chi connectivity index (χ4n) is 0.0417. The van der Waals surface area contributed by atoms with E-state index in [9.17, 15) is 4.79 Å². The molecule has 0 saturated heterocycles. The van der Waals surface area contributed by atoms with Gasteiger partial charge in [0.25, 0.3) is 0 Å². The highest BCUT2D eigenvalue weighted by Gasteiger charge is 1.82. The van der Waals surface area contributed by atoms with E-state index in [0.29, 0.717) is 0 Å². The molecular weight excluding hydrogens is 112 g/mol. The summed E-state index contributed by atoms with van der Waals surface area (Å²) in [6.07, 6.45) is 0. The quantitative estimate of drug-likeness (QED) is 0.166. The Labute approximate surface area is 46.2 Å². The molecule has 0 aromatic carbocycles. The number of hydrogen-bond acceptors (Lipinski definition) is 4. The Morgan fingerprint density at radius 1 is 1.25 bits per heavy atom. The second kappa shape index (κ2) is 9.29. The van der Waals surface area contributed by atoms with Crippen molar-refractivity contribution in [1.29, 1.82) is 0 Å². The van der Waals surface area contributed by atoms with Crippen LogP contribution in [-0.2, 0) is 4.79 Å². The van der Waals surface area contributed by atoms with E-state index in [0.717, 1.165) is 0 Å². The molecule has 0 unspecified atom stereocenters. The molecule has 6 heteroatoms. The molecule has 0 saturated carbocycles. The van der Waals surface area contributed by atoms with Crippen molar-refractivity contribution in [3.63, 3.8) is 0 Å². The van der Waals surface area contributed by atoms with Gasteiger partial charge < -0.3 is 4.79 Å². The van der Waals surface area contributed by atoms with Gasteiger partial charge in [-0.2, -0.15) is 0 Å². The number of nitrogens with two attached hydrogens (primary N) is 2. The van der Waals surface area contributed by atoms with Gasteiger partial charge in [-0.05, 0) is 0 Å². The number of amides is 2. The van der Waals surface area contributed by atoms with Crippen molar-refractivity contribution in [2.24, 2.45) is 11.7 Å². The Morgan fingerprint density at radius 2 is 1.50 bits per heavy atom. The highest BCUT2D eigenvalue weighted by molar-refractivity contribution is 5.72. The number of hydrogen-bond donors (Lipinski definition) is 4. The summed E-state index contributed by atoms with van der Waals surface area (Å²) in [5.41, 5.74) is 3.48. The van der Waals surface area contributed by atoms with Crippen LogP contribution in [0.1, 0.15) is 0 Å². The molecule has 0 bridgehead atoms. The molecule has 0 spiro atoms. The lowest BCUT2D eigenvalue weighted by molar-refractivity contribution is -0.0979. The van der Waals surface area contributed by atoms with E-state index in [4.69, 9.17) is 4.79 Å². The monoisotopic (exact) mass is 120 g/mol. The van der Waals surface area contributed by atoms with E-state index in [2.05, 4.69) is 11.7 Å². The van der Waals surface area contributed by atoms with Crippen LogP contribution < -0.4 is 22.5 Å². The summed E-state index contributed by atoms with van der Waals surface area (Å²) in [7, 11) is 0. The highest BCUT2D eigenvalue weighted by Crippen LogP contribution is 1.42. The summed E-state index contributed by atoms with van der Waals surface area (Å²) in [6, 6.07) is -0.602. The van der Waals surface area contributed by atoms with Gasteiger partial charge in [0.1, 0.15) is 6.79 Å². The van der Waals surface area contributed by atoms with Crippen LogP contribution in [0.25, 0.3) is 0 Å². The van der Waals surface area contributed by atoms with Crippen LogP contribution in [0, 0.1) is 0 Å². The fraction of sp³-hybridized carbons (Fsp3) is 0. The van der Waals surface area contributed by atoms with Crippen LogP contribution in [0.15, 0.2) is 0 Å². The Morgan fingerprint density at radius 3 is 1.50 bits per heavy atom. The molecule has 0 fully saturated rings. The van der Waals surface area contributed by atoms with Gasteiger partial charge in [-0.25, -0.2) is 16.5 Å². The first kappa shape index (κ1) is 9.97. The van der Waals surface area contributed by atoms with E-state index < -0.39 is 6.03 Å². The summed E-state index contributed by atoms with van der Waals surface area (Å²) in [4.78, 5) is 17.7. The number of nitrogens with one attached hydrogen (secondary N) is 2. The molecular formula is C2H8N4O2. The Kier molecular flexibility index (Phi) is 11.6. The lowest BCUT2D eigenvalue weighted by Gasteiger charge is -1.90. The number of carbonyl (C=O) groups is 2. The zero-order chi connectivity index (χ0) is 6.99. The maximum Gasteiger partial charge on any atom is 0.343 e. The van der Waals surface area contributed by atoms with Gasteiger partial charge in [-0.15, -0.1) is 0 Å². The van der Waals surface area contributed by atoms with Crippen molar-refractivity contribution >= 4 is 12.8 Å². The molecule has 48 valence electrons. The third kappa shape index (κ3) is 8.85. The summed E-state index contributed by atoms with van der Waals surface area (Å²) in [5, 5.41) is 0. The van der Waals surface area contributed by atoms with Crippen molar-refractivity contribution in [1.82, 2.24) is 10.9 Å². The summed E-state index contributed by atoms with van der Waals surface area (Å²) >= 11 is 0. The average Bonchev–Trinajstić information content (AvgIpc) is 1.91. The van der Waals surface area contributed by atoms with Crippen molar-refractivity contribution in [3.05, 3.63) is 0 Å². The normalized spacial score (nSPS) is 5.75. The molecule has 2 amide bonds. The van der Waals surface area contributed by atoms with Crippen LogP contribution in [0.5, 0.6) is 0 Å². The van der Waals surface area contributed by atoms with E-state index in [-0.39, 0.29) is 0 Å². The number of carbonyl (C=O) groups excluding carboxylic acids is 2. The zero-order valence-corrected chi connectivity index (χ0v) is 4.18. The highest BCUT2D eigenvalue weighted by atomic mass is 16.2. The van der Waals surface area contributed by atoms with Crippen molar-refractivity contribution in [3.8, 4) is 0 Å². The van der Waals surface area contributed by atoms with Crippen molar-refractivity contribution < 1.29 is 9.59 Å². The molecule has 0 aromatic heterocycles. The predicted molar refractivity (Wildman–Crippen MR) is 27.2 cm³/mol. The lowest BCUT2D eigenvalue weighted by Crippen LogP contribution is -2.43. The van der Waals surface area contributed by atoms with Crippen molar-refractivity contribution in [2.45, 2.75) is 0 Å². The standard InChI is InChI=1S/CH6N4O.CH2O/c2-4-1(6)5-3;1-2/h2-3H2,(H2,4,5,6);1H2. The van der Waals surface area contributed by atoms with Crippen LogP contribution >= 0.6 is 0 Å². The predicted octanol–water partition coefficient (Wildman–Crippen LogP) is -2.15. The minimum absolute atomic E-state index is 0.602. The second-order valence-corrected chi connectivity index (χ2v) is 0.618. The Bertz CT molecular complexity index is 59.1. The number of hydrazine groups is 2. The first-order chi connectivity index (χ1) is 3.81. The van der Waals surface area contributed by atoms with Gasteiger partial charge in [0.2, 0.25) is 0 Å². The molecule has 8 heavy (non-hydrogen) atoms. The van der Waals surface area contributed by atoms with Crippen molar-refractivity contribution in [2.75, 3.05) is 0 Å². The summed E-state index contributed by atoms with van der Waals surface area (Å²) in [6.45, 7) is 2.00. The second-order valence-electron chi connectivity index (χ2n) is 0.618. The topological polar surface area (TPSA) is 110 Å². The number of rotatable bonds is 0. The molecule has 0 atom stereocenters. The van der Waals surface area contributed by atoms with Gasteiger partial charge in [-0.1, -0.05) is 0 Å². The van der Waals surface area contributed by atoms with Gasteiger partial charge in [-0.3, -0.25) is 10.9 Å². The summed E-state index contributed by atoms with van der Waals surface area (Å²) < 4.78 is 0. The zero-order valence-electron chi connectivity index (χ0n) is 4.18. The average molecular weight is 120 g/mol. The van der Waals surface area contributed by atoms with Gasteiger partial charge in [0.05, 0.1) is 0 Å². The van der Waals surface area contributed by atoms with Gasteiger partial charge >= 0.3 is 6.03 Å². The first-order valence-electron chi connectivity index (χ1n) is 1.57. The van der Waals surface area contributed by atoms with Crippen LogP contribution in [-0.4, -0.2) is 12.8 Å². The largest absolute Gasteiger partial charge is 0.343 e. The minimum atomic E-state index is -0.602. The van der Waals surface area contributed by atoms with Crippen LogP contribution in [0.3, 0.4) is 0 Å². The third-order valence-corrected chi connectivity index (χ3v) is 0.262. The molecule has 0 aliphatic rings. The smallest absolute Gasteiger partial charge is 0.307 e. The first-order valence-corrected chi connectivity index (χ1v) is 1.57. The maximum absolute atomic E-state index is 9.71. The van der Waals surface area contributed by atoms with E-state index in [1.807, 2.05) is 6.79 Å². The van der Waals surface area contributed by atoms with Gasteiger partial charge in [0, 0.05) is 0 Å². The van der Waals surface area contributed by atoms with E-state index >= 15 is 0 Å². The molecule has 0 heterocycles. The molecule has 0 aromatic rings. The maximum atomic E-state index is 9.71. The molecule has 6 nitrogen and oxygen atoms in total. The minimum Gasteiger partial charge on any atom is -0.307 e. The molecule has 0 radical (unpaired) electrons. The van der Waals surface area contributed by atoms with Crippen LogP contribution in [0.2, 0.25) is 0 Å². The molecule has 6 N–H and O–H groups in total. The van der Waals surface area contributed by atoms with E-state index in [1.54, 1.807) is 10.9 Å². The number of urea groups is 1. The molecule has 0 aliphatic carbocycles. The van der Waals surface area contributed by atoms with E-state index in [1.165, 1.54) is 0 Å². The fourth-order valence-corrected chi connectivity index (χ4v) is 0.0417. The SMILES string of the molecule is C=O.NNC(=O)NN. The third-order valence-electron chi connectivity index (χ3n) is 0.262. The molecule has 0 aliphatic heterocycles. The van der Waals surface area contributed by atoms with Crippen LogP contribution in [0.4, 0.5) is 4.79 Å². The Hall–Kier alpha value is -1.14. The summed E-state index contributed by atoms with van der Waals surface area (Å²) in [5.74, 6) is 9.08.